The Balaban J connectivity index is 1.60. The SMILES string of the molecule is CCC(C)c1ccc(Nc2nc(NN=C(C)c3ccc(S(C)(=O)=O)cc3)cc(NN=C(C)c3ccc(S(C)(=O)=O)cc3)n2)cc1. The lowest BCUT2D eigenvalue weighted by Crippen LogP contribution is -2.07. The molecule has 1 heterocycles. The summed E-state index contributed by atoms with van der Waals surface area (Å²) in [5.74, 6) is 1.51. The summed E-state index contributed by atoms with van der Waals surface area (Å²) < 4.78 is 47.2. The molecule has 3 N–H and O–H groups in total. The lowest BCUT2D eigenvalue weighted by Gasteiger charge is -2.12. The maximum Gasteiger partial charge on any atom is 0.231 e. The van der Waals surface area contributed by atoms with Gasteiger partial charge in [-0.1, -0.05) is 50.2 Å². The number of benzene rings is 3. The van der Waals surface area contributed by atoms with Crippen LogP contribution in [0.1, 0.15) is 56.7 Å². The van der Waals surface area contributed by atoms with Crippen molar-refractivity contribution in [3.05, 3.63) is 95.6 Å². The number of nitrogens with one attached hydrogen (secondary N) is 3. The summed E-state index contributed by atoms with van der Waals surface area (Å²) in [5.41, 5.74) is 10.7. The van der Waals surface area contributed by atoms with Gasteiger partial charge in [0.15, 0.2) is 31.3 Å². The van der Waals surface area contributed by atoms with Crippen molar-refractivity contribution >= 4 is 54.4 Å². The van der Waals surface area contributed by atoms with Crippen LogP contribution in [0.2, 0.25) is 0 Å². The molecule has 0 saturated heterocycles. The molecule has 3 aromatic carbocycles. The molecule has 1 atom stereocenters. The first-order valence-corrected chi connectivity index (χ1v) is 18.0. The molecule has 0 radical (unpaired) electrons. The predicted molar refractivity (Wildman–Crippen MR) is 181 cm³/mol. The van der Waals surface area contributed by atoms with Crippen LogP contribution in [-0.4, -0.2) is 50.7 Å². The molecule has 45 heavy (non-hydrogen) atoms. The molecular formula is C32H37N7O4S2. The normalized spacial score (nSPS) is 13.3. The Morgan fingerprint density at radius 2 is 1.13 bits per heavy atom. The molecule has 0 bridgehead atoms. The van der Waals surface area contributed by atoms with Gasteiger partial charge in [-0.15, -0.1) is 0 Å². The first kappa shape index (κ1) is 33.3. The van der Waals surface area contributed by atoms with Gasteiger partial charge in [-0.2, -0.15) is 20.2 Å². The maximum absolute atomic E-state index is 11.8. The number of sulfone groups is 2. The van der Waals surface area contributed by atoms with E-state index in [1.807, 2.05) is 12.1 Å². The average Bonchev–Trinajstić information content (AvgIpc) is 3.01. The van der Waals surface area contributed by atoms with Gasteiger partial charge in [-0.05, 0) is 79.3 Å². The number of hydrazone groups is 2. The standard InChI is InChI=1S/C32H37N7O4S2/c1-7-21(2)24-8-14-27(15-9-24)33-32-34-30(38-36-22(3)25-10-16-28(17-11-25)44(5,40)41)20-31(35-32)39-37-23(4)26-12-18-29(19-13-26)45(6,42)43/h8-21H,7H2,1-6H3,(H3,33,34,35,38,39). The minimum Gasteiger partial charge on any atom is -0.324 e. The molecule has 0 saturated carbocycles. The lowest BCUT2D eigenvalue weighted by molar-refractivity contribution is 0.600. The highest BCUT2D eigenvalue weighted by Gasteiger charge is 2.10. The zero-order chi connectivity index (χ0) is 32.8. The number of rotatable bonds is 12. The summed E-state index contributed by atoms with van der Waals surface area (Å²) in [6, 6.07) is 22.7. The van der Waals surface area contributed by atoms with Gasteiger partial charge in [-0.25, -0.2) is 16.8 Å². The van der Waals surface area contributed by atoms with Gasteiger partial charge in [0.05, 0.1) is 21.2 Å². The van der Waals surface area contributed by atoms with Gasteiger partial charge in [-0.3, -0.25) is 10.9 Å². The minimum atomic E-state index is -3.30. The highest BCUT2D eigenvalue weighted by Crippen LogP contribution is 2.23. The minimum absolute atomic E-state index is 0.230. The summed E-state index contributed by atoms with van der Waals surface area (Å²) in [6.07, 6.45) is 3.37. The lowest BCUT2D eigenvalue weighted by atomic mass is 9.99. The van der Waals surface area contributed by atoms with E-state index in [0.29, 0.717) is 34.9 Å². The van der Waals surface area contributed by atoms with Crippen LogP contribution in [-0.2, 0) is 19.7 Å². The molecular weight excluding hydrogens is 611 g/mol. The first-order valence-electron chi connectivity index (χ1n) is 14.2. The molecule has 0 fully saturated rings. The highest BCUT2D eigenvalue weighted by atomic mass is 32.2. The molecule has 1 unspecified atom stereocenters. The van der Waals surface area contributed by atoms with Crippen molar-refractivity contribution in [2.45, 2.75) is 49.8 Å². The molecule has 1 aromatic heterocycles. The van der Waals surface area contributed by atoms with Crippen LogP contribution in [0.3, 0.4) is 0 Å². The molecule has 13 heteroatoms. The van der Waals surface area contributed by atoms with Crippen LogP contribution in [0.5, 0.6) is 0 Å². The Kier molecular flexibility index (Phi) is 10.3. The molecule has 0 aliphatic heterocycles. The zero-order valence-electron chi connectivity index (χ0n) is 26.0. The Bertz CT molecular complexity index is 1810. The largest absolute Gasteiger partial charge is 0.324 e. The van der Waals surface area contributed by atoms with Crippen molar-refractivity contribution in [3.8, 4) is 0 Å². The third kappa shape index (κ3) is 9.19. The Hall–Kier alpha value is -4.62. The summed E-state index contributed by atoms with van der Waals surface area (Å²) in [7, 11) is -6.61. The van der Waals surface area contributed by atoms with Crippen LogP contribution >= 0.6 is 0 Å². The molecule has 0 amide bonds. The number of aromatic nitrogens is 2. The highest BCUT2D eigenvalue weighted by molar-refractivity contribution is 7.91. The molecule has 4 rings (SSSR count). The molecule has 4 aromatic rings. The molecule has 0 spiro atoms. The van der Waals surface area contributed by atoms with Gasteiger partial charge < -0.3 is 5.32 Å². The summed E-state index contributed by atoms with van der Waals surface area (Å²) >= 11 is 0. The molecule has 0 aliphatic carbocycles. The summed E-state index contributed by atoms with van der Waals surface area (Å²) in [6.45, 7) is 7.93. The van der Waals surface area contributed by atoms with Crippen molar-refractivity contribution in [1.29, 1.82) is 0 Å². The van der Waals surface area contributed by atoms with Crippen molar-refractivity contribution < 1.29 is 16.8 Å². The second-order valence-corrected chi connectivity index (χ2v) is 14.8. The fourth-order valence-electron chi connectivity index (χ4n) is 4.18. The van der Waals surface area contributed by atoms with Crippen LogP contribution in [0, 0.1) is 0 Å². The van der Waals surface area contributed by atoms with E-state index in [1.165, 1.54) is 5.56 Å². The van der Waals surface area contributed by atoms with Crippen LogP contribution in [0.25, 0.3) is 0 Å². The van der Waals surface area contributed by atoms with Crippen molar-refractivity contribution in [3.63, 3.8) is 0 Å². The van der Waals surface area contributed by atoms with E-state index in [2.05, 4.69) is 62.3 Å². The van der Waals surface area contributed by atoms with Gasteiger partial charge in [0, 0.05) is 24.3 Å². The summed E-state index contributed by atoms with van der Waals surface area (Å²) in [4.78, 5) is 9.60. The van der Waals surface area contributed by atoms with E-state index in [1.54, 1.807) is 68.4 Å². The second-order valence-electron chi connectivity index (χ2n) is 10.7. The molecule has 11 nitrogen and oxygen atoms in total. The topological polar surface area (TPSA) is 155 Å². The predicted octanol–water partition coefficient (Wildman–Crippen LogP) is 6.21. The number of hydrogen-bond acceptors (Lipinski definition) is 11. The van der Waals surface area contributed by atoms with E-state index in [-0.39, 0.29) is 9.79 Å². The monoisotopic (exact) mass is 647 g/mol. The van der Waals surface area contributed by atoms with Gasteiger partial charge in [0.1, 0.15) is 0 Å². The van der Waals surface area contributed by atoms with Crippen molar-refractivity contribution in [2.24, 2.45) is 10.2 Å². The third-order valence-electron chi connectivity index (χ3n) is 7.15. The Labute approximate surface area is 264 Å². The number of hydrogen-bond donors (Lipinski definition) is 3. The Morgan fingerprint density at radius 3 is 1.51 bits per heavy atom. The zero-order valence-corrected chi connectivity index (χ0v) is 27.7. The van der Waals surface area contributed by atoms with Crippen LogP contribution in [0.15, 0.2) is 98.9 Å². The van der Waals surface area contributed by atoms with E-state index in [9.17, 15) is 16.8 Å². The van der Waals surface area contributed by atoms with Gasteiger partial charge >= 0.3 is 0 Å². The second kappa shape index (κ2) is 14.0. The average molecular weight is 648 g/mol. The summed E-state index contributed by atoms with van der Waals surface area (Å²) in [5, 5.41) is 12.1. The Morgan fingerprint density at radius 1 is 0.711 bits per heavy atom. The third-order valence-corrected chi connectivity index (χ3v) is 9.41. The van der Waals surface area contributed by atoms with E-state index >= 15 is 0 Å². The van der Waals surface area contributed by atoms with Crippen LogP contribution in [0.4, 0.5) is 23.3 Å². The molecule has 236 valence electrons. The van der Waals surface area contributed by atoms with E-state index < -0.39 is 19.7 Å². The van der Waals surface area contributed by atoms with Crippen molar-refractivity contribution in [2.75, 3.05) is 28.7 Å². The fourth-order valence-corrected chi connectivity index (χ4v) is 5.44. The first-order chi connectivity index (χ1) is 21.2. The quantitative estimate of drug-likeness (QED) is 0.120. The fraction of sp³-hybridized carbons (Fsp3) is 0.250. The van der Waals surface area contributed by atoms with E-state index in [0.717, 1.165) is 35.7 Å². The number of nitrogens with zero attached hydrogens (tertiary/aromatic N) is 4. The van der Waals surface area contributed by atoms with Gasteiger partial charge in [0.25, 0.3) is 0 Å². The van der Waals surface area contributed by atoms with Gasteiger partial charge in [0.2, 0.25) is 5.95 Å². The number of anilines is 4. The van der Waals surface area contributed by atoms with Crippen molar-refractivity contribution in [1.82, 2.24) is 9.97 Å². The maximum atomic E-state index is 11.8. The smallest absolute Gasteiger partial charge is 0.231 e. The van der Waals surface area contributed by atoms with E-state index in [4.69, 9.17) is 0 Å². The molecule has 0 aliphatic rings. The van der Waals surface area contributed by atoms with Crippen LogP contribution < -0.4 is 16.2 Å².